The van der Waals surface area contributed by atoms with E-state index in [-0.39, 0.29) is 5.56 Å². The molecule has 2 atom stereocenters. The summed E-state index contributed by atoms with van der Waals surface area (Å²) in [6, 6.07) is 11.7. The second-order valence-corrected chi connectivity index (χ2v) is 8.21. The standard InChI is InChI=1S/C22H24N6O/c1-14-3-2-4-18(26-14)12-27-9-15-5-17(11-27)20-6-16(7-22(29)28(20)10-15)19-8-21(23)25-13-24-19/h2-4,6-8,13,15,17H,5,9-12H2,1H3,(H2,23,24,25)/t15-,17+/m0/s1. The Hall–Kier alpha value is -3.06. The van der Waals surface area contributed by atoms with Crippen LogP contribution in [0.2, 0.25) is 0 Å². The molecule has 0 spiro atoms. The molecule has 2 N–H and O–H groups in total. The van der Waals surface area contributed by atoms with Gasteiger partial charge in [0.25, 0.3) is 5.56 Å². The largest absolute Gasteiger partial charge is 0.384 e. The highest BCUT2D eigenvalue weighted by Gasteiger charge is 2.35. The molecule has 7 heteroatoms. The third-order valence-electron chi connectivity index (χ3n) is 5.95. The Labute approximate surface area is 169 Å². The molecule has 0 radical (unpaired) electrons. The fraction of sp³-hybridized carbons (Fsp3) is 0.364. The molecule has 3 aromatic heterocycles. The summed E-state index contributed by atoms with van der Waals surface area (Å²) in [6.07, 6.45) is 2.56. The fourth-order valence-electron chi connectivity index (χ4n) is 4.78. The number of nitrogens with zero attached hydrogens (tertiary/aromatic N) is 5. The van der Waals surface area contributed by atoms with Gasteiger partial charge in [0.15, 0.2) is 0 Å². The molecular formula is C22H24N6O. The molecule has 0 unspecified atom stereocenters. The molecule has 5 rings (SSSR count). The van der Waals surface area contributed by atoms with E-state index in [1.165, 1.54) is 6.33 Å². The van der Waals surface area contributed by atoms with Gasteiger partial charge < -0.3 is 10.3 Å². The molecular weight excluding hydrogens is 364 g/mol. The van der Waals surface area contributed by atoms with Crippen molar-refractivity contribution >= 4 is 5.82 Å². The summed E-state index contributed by atoms with van der Waals surface area (Å²) in [4.78, 5) is 28.2. The number of rotatable bonds is 3. The third-order valence-corrected chi connectivity index (χ3v) is 5.95. The SMILES string of the molecule is Cc1cccc(CN2C[C@@H]3C[C@H](C2)c2cc(-c4cc(N)ncn4)cc(=O)n2C3)n1. The van der Waals surface area contributed by atoms with Crippen molar-refractivity contribution in [2.75, 3.05) is 18.8 Å². The van der Waals surface area contributed by atoms with Crippen LogP contribution >= 0.6 is 0 Å². The molecule has 7 nitrogen and oxygen atoms in total. The van der Waals surface area contributed by atoms with E-state index >= 15 is 0 Å². The smallest absolute Gasteiger partial charge is 0.251 e. The second-order valence-electron chi connectivity index (χ2n) is 8.21. The number of hydrogen-bond donors (Lipinski definition) is 1. The van der Waals surface area contributed by atoms with Gasteiger partial charge in [0.05, 0.1) is 11.4 Å². The van der Waals surface area contributed by atoms with Gasteiger partial charge in [-0.25, -0.2) is 9.97 Å². The van der Waals surface area contributed by atoms with E-state index in [2.05, 4.69) is 38.1 Å². The minimum atomic E-state index is 0.0400. The first-order valence-electron chi connectivity index (χ1n) is 10.0. The first kappa shape index (κ1) is 18.0. The van der Waals surface area contributed by atoms with Crippen LogP contribution in [-0.4, -0.2) is 37.5 Å². The summed E-state index contributed by atoms with van der Waals surface area (Å²) in [5, 5.41) is 0. The number of aromatic nitrogens is 4. The van der Waals surface area contributed by atoms with Crippen molar-refractivity contribution in [3.05, 3.63) is 70.2 Å². The Balaban J connectivity index is 1.46. The van der Waals surface area contributed by atoms with Crippen LogP contribution < -0.4 is 11.3 Å². The Morgan fingerprint density at radius 3 is 2.86 bits per heavy atom. The van der Waals surface area contributed by atoms with Crippen LogP contribution in [0.4, 0.5) is 5.82 Å². The topological polar surface area (TPSA) is 89.9 Å². The molecule has 1 fully saturated rings. The average molecular weight is 388 g/mol. The number of piperidine rings is 1. The van der Waals surface area contributed by atoms with Crippen molar-refractivity contribution in [2.45, 2.75) is 32.4 Å². The van der Waals surface area contributed by atoms with Gasteiger partial charge in [-0.3, -0.25) is 14.7 Å². The van der Waals surface area contributed by atoms with Crippen LogP contribution in [0.3, 0.4) is 0 Å². The maximum Gasteiger partial charge on any atom is 0.251 e. The molecule has 0 aliphatic carbocycles. The molecule has 0 saturated carbocycles. The zero-order valence-electron chi connectivity index (χ0n) is 16.5. The molecule has 2 aliphatic rings. The van der Waals surface area contributed by atoms with E-state index in [0.29, 0.717) is 23.3 Å². The second kappa shape index (κ2) is 7.08. The summed E-state index contributed by atoms with van der Waals surface area (Å²) >= 11 is 0. The van der Waals surface area contributed by atoms with E-state index in [1.807, 2.05) is 17.6 Å². The summed E-state index contributed by atoms with van der Waals surface area (Å²) < 4.78 is 1.95. The Morgan fingerprint density at radius 1 is 1.14 bits per heavy atom. The molecule has 2 aliphatic heterocycles. The van der Waals surface area contributed by atoms with Crippen LogP contribution in [0.25, 0.3) is 11.3 Å². The zero-order valence-corrected chi connectivity index (χ0v) is 16.5. The number of fused-ring (bicyclic) bond motifs is 4. The quantitative estimate of drug-likeness (QED) is 0.740. The Morgan fingerprint density at radius 2 is 2.03 bits per heavy atom. The Bertz CT molecular complexity index is 1120. The average Bonchev–Trinajstić information content (AvgIpc) is 2.68. The first-order chi connectivity index (χ1) is 14.0. The van der Waals surface area contributed by atoms with Crippen LogP contribution in [0.1, 0.15) is 29.4 Å². The van der Waals surface area contributed by atoms with Crippen LogP contribution in [0, 0.1) is 12.8 Å². The van der Waals surface area contributed by atoms with Crippen molar-refractivity contribution in [1.82, 2.24) is 24.4 Å². The number of nitrogen functional groups attached to an aromatic ring is 1. The highest BCUT2D eigenvalue weighted by molar-refractivity contribution is 5.61. The summed E-state index contributed by atoms with van der Waals surface area (Å²) in [6.45, 7) is 5.58. The lowest BCUT2D eigenvalue weighted by molar-refractivity contribution is 0.113. The van der Waals surface area contributed by atoms with Gasteiger partial charge in [0.1, 0.15) is 12.1 Å². The summed E-state index contributed by atoms with van der Waals surface area (Å²) in [5.41, 5.74) is 10.6. The zero-order chi connectivity index (χ0) is 20.0. The number of anilines is 1. The molecule has 29 heavy (non-hydrogen) atoms. The lowest BCUT2D eigenvalue weighted by Gasteiger charge is -2.42. The molecule has 3 aromatic rings. The monoisotopic (exact) mass is 388 g/mol. The minimum absolute atomic E-state index is 0.0400. The van der Waals surface area contributed by atoms with Crippen molar-refractivity contribution in [3.63, 3.8) is 0 Å². The van der Waals surface area contributed by atoms with Crippen LogP contribution in [0.15, 0.2) is 47.5 Å². The maximum absolute atomic E-state index is 12.8. The van der Waals surface area contributed by atoms with Gasteiger partial charge in [-0.1, -0.05) is 6.07 Å². The normalized spacial score (nSPS) is 21.0. The van der Waals surface area contributed by atoms with Gasteiger partial charge in [0, 0.05) is 61.2 Å². The lowest BCUT2D eigenvalue weighted by atomic mass is 9.82. The maximum atomic E-state index is 12.8. The molecule has 0 aromatic carbocycles. The van der Waals surface area contributed by atoms with Gasteiger partial charge >= 0.3 is 0 Å². The number of likely N-dealkylation sites (tertiary alicyclic amines) is 1. The first-order valence-corrected chi connectivity index (χ1v) is 10.0. The fourth-order valence-corrected chi connectivity index (χ4v) is 4.78. The van der Waals surface area contributed by atoms with Gasteiger partial charge in [-0.15, -0.1) is 0 Å². The van der Waals surface area contributed by atoms with E-state index < -0.39 is 0 Å². The van der Waals surface area contributed by atoms with E-state index in [1.54, 1.807) is 12.1 Å². The van der Waals surface area contributed by atoms with Crippen LogP contribution in [0.5, 0.6) is 0 Å². The van der Waals surface area contributed by atoms with E-state index in [4.69, 9.17) is 5.73 Å². The van der Waals surface area contributed by atoms with E-state index in [9.17, 15) is 4.79 Å². The van der Waals surface area contributed by atoms with Gasteiger partial charge in [-0.05, 0) is 37.5 Å². The highest BCUT2D eigenvalue weighted by Crippen LogP contribution is 2.36. The molecule has 148 valence electrons. The molecule has 1 saturated heterocycles. The molecule has 5 heterocycles. The number of pyridine rings is 2. The lowest BCUT2D eigenvalue weighted by Crippen LogP contribution is -2.46. The van der Waals surface area contributed by atoms with Crippen molar-refractivity contribution in [1.29, 1.82) is 0 Å². The van der Waals surface area contributed by atoms with Gasteiger partial charge in [0.2, 0.25) is 0 Å². The molecule has 2 bridgehead atoms. The molecule has 0 amide bonds. The number of nitrogens with two attached hydrogens (primary N) is 1. The van der Waals surface area contributed by atoms with Crippen molar-refractivity contribution in [3.8, 4) is 11.3 Å². The predicted octanol–water partition coefficient (Wildman–Crippen LogP) is 2.21. The van der Waals surface area contributed by atoms with Crippen LogP contribution in [-0.2, 0) is 13.1 Å². The van der Waals surface area contributed by atoms with Crippen molar-refractivity contribution in [2.24, 2.45) is 5.92 Å². The van der Waals surface area contributed by atoms with E-state index in [0.717, 1.165) is 55.2 Å². The highest BCUT2D eigenvalue weighted by atomic mass is 16.1. The predicted molar refractivity (Wildman–Crippen MR) is 111 cm³/mol. The summed E-state index contributed by atoms with van der Waals surface area (Å²) in [5.74, 6) is 1.23. The number of hydrogen-bond acceptors (Lipinski definition) is 6. The summed E-state index contributed by atoms with van der Waals surface area (Å²) in [7, 11) is 0. The minimum Gasteiger partial charge on any atom is -0.384 e. The number of aryl methyl sites for hydroxylation is 1. The van der Waals surface area contributed by atoms with Crippen molar-refractivity contribution < 1.29 is 0 Å². The Kier molecular flexibility index (Phi) is 4.39. The van der Waals surface area contributed by atoms with Gasteiger partial charge in [-0.2, -0.15) is 0 Å². The third kappa shape index (κ3) is 3.53.